The van der Waals surface area contributed by atoms with Crippen LogP contribution in [-0.2, 0) is 6.54 Å². The topological polar surface area (TPSA) is 54.9 Å². The van der Waals surface area contributed by atoms with Crippen molar-refractivity contribution in [3.63, 3.8) is 0 Å². The van der Waals surface area contributed by atoms with Crippen LogP contribution in [0.5, 0.6) is 0 Å². The average Bonchev–Trinajstić information content (AvgIpc) is 2.38. The van der Waals surface area contributed by atoms with E-state index in [0.717, 1.165) is 5.56 Å². The van der Waals surface area contributed by atoms with Gasteiger partial charge in [-0.3, -0.25) is 14.8 Å². The Hall–Kier alpha value is -1.94. The minimum absolute atomic E-state index is 0.214. The highest BCUT2D eigenvalue weighted by Crippen LogP contribution is 2.13. The van der Waals surface area contributed by atoms with Gasteiger partial charge in [-0.15, -0.1) is 0 Å². The number of halogens is 1. The fraction of sp³-hybridized carbons (Fsp3) is 0.0833. The summed E-state index contributed by atoms with van der Waals surface area (Å²) in [4.78, 5) is 19.5. The average molecular weight is 248 g/mol. The fourth-order valence-electron chi connectivity index (χ4n) is 1.34. The molecule has 1 N–H and O–H groups in total. The first-order valence-corrected chi connectivity index (χ1v) is 5.42. The Labute approximate surface area is 104 Å². The highest BCUT2D eigenvalue weighted by molar-refractivity contribution is 6.33. The Morgan fingerprint density at radius 3 is 2.59 bits per heavy atom. The molecule has 0 saturated heterocycles. The second-order valence-corrected chi connectivity index (χ2v) is 3.80. The van der Waals surface area contributed by atoms with Crippen molar-refractivity contribution in [3.8, 4) is 0 Å². The minimum atomic E-state index is -0.214. The molecule has 5 heteroatoms. The van der Waals surface area contributed by atoms with Crippen molar-refractivity contribution in [2.45, 2.75) is 6.54 Å². The van der Waals surface area contributed by atoms with Gasteiger partial charge in [-0.25, -0.2) is 0 Å². The van der Waals surface area contributed by atoms with Gasteiger partial charge in [-0.2, -0.15) is 0 Å². The number of nitrogens with one attached hydrogen (secondary N) is 1. The second-order valence-electron chi connectivity index (χ2n) is 3.39. The van der Waals surface area contributed by atoms with E-state index in [1.165, 1.54) is 12.4 Å². The molecule has 0 aliphatic carbocycles. The zero-order valence-corrected chi connectivity index (χ0v) is 9.69. The number of rotatable bonds is 3. The monoisotopic (exact) mass is 247 g/mol. The third-order valence-electron chi connectivity index (χ3n) is 2.22. The second kappa shape index (κ2) is 5.41. The maximum absolute atomic E-state index is 11.8. The summed E-state index contributed by atoms with van der Waals surface area (Å²) >= 11 is 5.87. The van der Waals surface area contributed by atoms with Crippen LogP contribution in [-0.4, -0.2) is 15.9 Å². The molecule has 2 heterocycles. The van der Waals surface area contributed by atoms with Crippen LogP contribution in [0.4, 0.5) is 0 Å². The zero-order chi connectivity index (χ0) is 12.1. The first-order valence-electron chi connectivity index (χ1n) is 5.04. The molecule has 0 unspecified atom stereocenters. The molecule has 0 fully saturated rings. The largest absolute Gasteiger partial charge is 0.348 e. The fourth-order valence-corrected chi connectivity index (χ4v) is 1.54. The van der Waals surface area contributed by atoms with E-state index in [1.807, 2.05) is 12.1 Å². The first-order chi connectivity index (χ1) is 8.27. The van der Waals surface area contributed by atoms with Crippen molar-refractivity contribution in [1.29, 1.82) is 0 Å². The lowest BCUT2D eigenvalue weighted by atomic mass is 10.2. The normalized spacial score (nSPS) is 9.94. The molecular weight excluding hydrogens is 238 g/mol. The maximum atomic E-state index is 11.8. The van der Waals surface area contributed by atoms with Gasteiger partial charge in [-0.05, 0) is 23.8 Å². The Morgan fingerprint density at radius 1 is 1.18 bits per heavy atom. The summed E-state index contributed by atoms with van der Waals surface area (Å²) in [5.74, 6) is -0.214. The molecule has 0 aliphatic heterocycles. The van der Waals surface area contributed by atoms with E-state index < -0.39 is 0 Å². The predicted molar refractivity (Wildman–Crippen MR) is 64.7 cm³/mol. The van der Waals surface area contributed by atoms with Gasteiger partial charge in [0, 0.05) is 31.3 Å². The number of carbonyl (C=O) groups excluding carboxylic acids is 1. The van der Waals surface area contributed by atoms with Crippen LogP contribution in [0.15, 0.2) is 43.0 Å². The minimum Gasteiger partial charge on any atom is -0.348 e. The summed E-state index contributed by atoms with van der Waals surface area (Å²) in [5, 5.41) is 3.12. The van der Waals surface area contributed by atoms with E-state index in [-0.39, 0.29) is 5.91 Å². The number of carbonyl (C=O) groups is 1. The summed E-state index contributed by atoms with van der Waals surface area (Å²) in [6.45, 7) is 0.444. The molecule has 0 aliphatic rings. The predicted octanol–water partition coefficient (Wildman–Crippen LogP) is 2.06. The molecule has 0 spiro atoms. The van der Waals surface area contributed by atoms with Gasteiger partial charge in [-0.1, -0.05) is 11.6 Å². The van der Waals surface area contributed by atoms with Gasteiger partial charge in [0.05, 0.1) is 10.6 Å². The molecule has 0 aromatic carbocycles. The SMILES string of the molecule is O=C(NCc1ccncc1)c1ccncc1Cl. The molecule has 4 nitrogen and oxygen atoms in total. The Morgan fingerprint density at radius 2 is 1.88 bits per heavy atom. The van der Waals surface area contributed by atoms with Gasteiger partial charge >= 0.3 is 0 Å². The van der Waals surface area contributed by atoms with Gasteiger partial charge in [0.1, 0.15) is 0 Å². The van der Waals surface area contributed by atoms with E-state index in [1.54, 1.807) is 18.5 Å². The van der Waals surface area contributed by atoms with Gasteiger partial charge < -0.3 is 5.32 Å². The third-order valence-corrected chi connectivity index (χ3v) is 2.52. The van der Waals surface area contributed by atoms with E-state index in [0.29, 0.717) is 17.1 Å². The lowest BCUT2D eigenvalue weighted by Crippen LogP contribution is -2.23. The molecule has 86 valence electrons. The Balaban J connectivity index is 2.01. The van der Waals surface area contributed by atoms with Crippen LogP contribution in [0.3, 0.4) is 0 Å². The third kappa shape index (κ3) is 3.01. The molecule has 0 atom stereocenters. The smallest absolute Gasteiger partial charge is 0.253 e. The quantitative estimate of drug-likeness (QED) is 0.903. The van der Waals surface area contributed by atoms with E-state index in [9.17, 15) is 4.79 Å². The van der Waals surface area contributed by atoms with Crippen LogP contribution in [0.25, 0.3) is 0 Å². The molecule has 0 bridgehead atoms. The molecule has 17 heavy (non-hydrogen) atoms. The van der Waals surface area contributed by atoms with Crippen molar-refractivity contribution in [2.75, 3.05) is 0 Å². The summed E-state index contributed by atoms with van der Waals surface area (Å²) in [6, 6.07) is 5.27. The summed E-state index contributed by atoms with van der Waals surface area (Å²) in [7, 11) is 0. The van der Waals surface area contributed by atoms with Crippen molar-refractivity contribution >= 4 is 17.5 Å². The number of hydrogen-bond acceptors (Lipinski definition) is 3. The van der Waals surface area contributed by atoms with E-state index in [4.69, 9.17) is 11.6 Å². The van der Waals surface area contributed by atoms with E-state index >= 15 is 0 Å². The van der Waals surface area contributed by atoms with Gasteiger partial charge in [0.15, 0.2) is 0 Å². The van der Waals surface area contributed by atoms with Gasteiger partial charge in [0.2, 0.25) is 0 Å². The number of hydrogen-bond donors (Lipinski definition) is 1. The first kappa shape index (κ1) is 11.5. The van der Waals surface area contributed by atoms with Crippen LogP contribution >= 0.6 is 11.6 Å². The van der Waals surface area contributed by atoms with Crippen molar-refractivity contribution in [2.24, 2.45) is 0 Å². The standard InChI is InChI=1S/C12H10ClN3O/c13-11-8-15-6-3-10(11)12(17)16-7-9-1-4-14-5-2-9/h1-6,8H,7H2,(H,16,17). The van der Waals surface area contributed by atoms with Crippen molar-refractivity contribution < 1.29 is 4.79 Å². The van der Waals surface area contributed by atoms with E-state index in [2.05, 4.69) is 15.3 Å². The molecule has 2 rings (SSSR count). The van der Waals surface area contributed by atoms with Crippen LogP contribution in [0.2, 0.25) is 5.02 Å². The maximum Gasteiger partial charge on any atom is 0.253 e. The summed E-state index contributed by atoms with van der Waals surface area (Å²) in [6.07, 6.45) is 6.35. The number of aromatic nitrogens is 2. The van der Waals surface area contributed by atoms with Gasteiger partial charge in [0.25, 0.3) is 5.91 Å². The molecule has 2 aromatic rings. The highest BCUT2D eigenvalue weighted by Gasteiger charge is 2.08. The molecule has 1 amide bonds. The molecule has 2 aromatic heterocycles. The summed E-state index contributed by atoms with van der Waals surface area (Å²) in [5.41, 5.74) is 1.41. The molecular formula is C12H10ClN3O. The number of amides is 1. The lowest BCUT2D eigenvalue weighted by Gasteiger charge is -2.05. The Kier molecular flexibility index (Phi) is 3.67. The number of nitrogens with zero attached hydrogens (tertiary/aromatic N) is 2. The Bertz CT molecular complexity index is 516. The number of pyridine rings is 2. The summed E-state index contributed by atoms with van der Waals surface area (Å²) < 4.78 is 0. The molecule has 0 saturated carbocycles. The van der Waals surface area contributed by atoms with Crippen LogP contribution in [0, 0.1) is 0 Å². The van der Waals surface area contributed by atoms with Crippen molar-refractivity contribution in [3.05, 3.63) is 59.1 Å². The molecule has 0 radical (unpaired) electrons. The van der Waals surface area contributed by atoms with Crippen LogP contribution in [0.1, 0.15) is 15.9 Å². The highest BCUT2D eigenvalue weighted by atomic mass is 35.5. The van der Waals surface area contributed by atoms with Crippen LogP contribution < -0.4 is 5.32 Å². The van der Waals surface area contributed by atoms with Crippen molar-refractivity contribution in [1.82, 2.24) is 15.3 Å². The zero-order valence-electron chi connectivity index (χ0n) is 8.93. The lowest BCUT2D eigenvalue weighted by molar-refractivity contribution is 0.0951.